The molecule has 0 aromatic carbocycles. The molecule has 94 valence electrons. The number of ketones is 1. The summed E-state index contributed by atoms with van der Waals surface area (Å²) in [6.07, 6.45) is -2.58. The largest absolute Gasteiger partial charge is 0.392 e. The molecule has 0 spiro atoms. The summed E-state index contributed by atoms with van der Waals surface area (Å²) in [5.74, 6) is -2.75. The van der Waals surface area contributed by atoms with Gasteiger partial charge in [-0.2, -0.15) is 13.2 Å². The second-order valence-electron chi connectivity index (χ2n) is 4.14. The predicted molar refractivity (Wildman–Crippen MR) is 53.0 cm³/mol. The Morgan fingerprint density at radius 1 is 1.31 bits per heavy atom. The van der Waals surface area contributed by atoms with E-state index in [1.54, 1.807) is 6.92 Å². The molecule has 5 heteroatoms. The minimum atomic E-state index is -4.26. The molecule has 0 bridgehead atoms. The van der Waals surface area contributed by atoms with E-state index in [-0.39, 0.29) is 13.0 Å². The van der Waals surface area contributed by atoms with E-state index in [0.29, 0.717) is 25.9 Å². The molecular formula is C11H17F3O2. The molecule has 1 aliphatic rings. The molecule has 0 aromatic rings. The smallest absolute Gasteiger partial charge is 0.374 e. The van der Waals surface area contributed by atoms with Crippen LogP contribution in [0.15, 0.2) is 0 Å². The molecule has 0 saturated heterocycles. The summed E-state index contributed by atoms with van der Waals surface area (Å²) in [5, 5.41) is 0. The minimum absolute atomic E-state index is 0.0754. The molecule has 0 heterocycles. The summed E-state index contributed by atoms with van der Waals surface area (Å²) in [7, 11) is 0. The third kappa shape index (κ3) is 3.47. The number of rotatable bonds is 4. The van der Waals surface area contributed by atoms with Gasteiger partial charge in [0.15, 0.2) is 5.78 Å². The van der Waals surface area contributed by atoms with Gasteiger partial charge in [-0.05, 0) is 19.8 Å². The second kappa shape index (κ2) is 5.66. The zero-order valence-electron chi connectivity index (χ0n) is 9.35. The Bertz CT molecular complexity index is 238. The molecule has 0 aromatic heterocycles. The van der Waals surface area contributed by atoms with Crippen LogP contribution in [0.4, 0.5) is 13.2 Å². The third-order valence-electron chi connectivity index (χ3n) is 3.05. The summed E-state index contributed by atoms with van der Waals surface area (Å²) in [4.78, 5) is 11.6. The first-order valence-corrected chi connectivity index (χ1v) is 5.64. The Kier molecular flexibility index (Phi) is 4.77. The summed E-state index contributed by atoms with van der Waals surface area (Å²) in [6, 6.07) is 0. The number of hydrogen-bond acceptors (Lipinski definition) is 2. The molecule has 0 N–H and O–H groups in total. The van der Waals surface area contributed by atoms with Crippen molar-refractivity contribution in [1.29, 1.82) is 0 Å². The van der Waals surface area contributed by atoms with Crippen LogP contribution in [0.1, 0.15) is 32.6 Å². The summed E-state index contributed by atoms with van der Waals surface area (Å²) in [6.45, 7) is 1.89. The quantitative estimate of drug-likeness (QED) is 0.752. The van der Waals surface area contributed by atoms with Crippen LogP contribution in [0, 0.1) is 11.8 Å². The average Bonchev–Trinajstić information content (AvgIpc) is 2.24. The van der Waals surface area contributed by atoms with Crippen molar-refractivity contribution in [3.8, 4) is 0 Å². The van der Waals surface area contributed by atoms with Crippen molar-refractivity contribution in [2.75, 3.05) is 13.2 Å². The molecule has 1 rings (SSSR count). The van der Waals surface area contributed by atoms with Crippen LogP contribution in [-0.4, -0.2) is 25.2 Å². The Morgan fingerprint density at radius 2 is 1.94 bits per heavy atom. The van der Waals surface area contributed by atoms with Crippen LogP contribution >= 0.6 is 0 Å². The molecule has 1 saturated carbocycles. The van der Waals surface area contributed by atoms with Gasteiger partial charge in [0.2, 0.25) is 0 Å². The number of hydrogen-bond donors (Lipinski definition) is 0. The van der Waals surface area contributed by atoms with Gasteiger partial charge in [-0.15, -0.1) is 0 Å². The maximum absolute atomic E-state index is 12.7. The highest BCUT2D eigenvalue weighted by Gasteiger charge is 2.47. The lowest BCUT2D eigenvalue weighted by Crippen LogP contribution is -2.38. The lowest BCUT2D eigenvalue weighted by molar-refractivity contribution is -0.198. The first-order valence-electron chi connectivity index (χ1n) is 5.64. The molecule has 2 nitrogen and oxygen atoms in total. The highest BCUT2D eigenvalue weighted by molar-refractivity contribution is 5.82. The summed E-state index contributed by atoms with van der Waals surface area (Å²) < 4.78 is 42.9. The third-order valence-corrected chi connectivity index (χ3v) is 3.05. The fourth-order valence-electron chi connectivity index (χ4n) is 2.22. The minimum Gasteiger partial charge on any atom is -0.374 e. The van der Waals surface area contributed by atoms with Crippen LogP contribution in [0.2, 0.25) is 0 Å². The van der Waals surface area contributed by atoms with Crippen molar-refractivity contribution in [3.05, 3.63) is 0 Å². The van der Waals surface area contributed by atoms with Gasteiger partial charge in [-0.25, -0.2) is 0 Å². The predicted octanol–water partition coefficient (Wildman–Crippen LogP) is 2.96. The molecule has 16 heavy (non-hydrogen) atoms. The van der Waals surface area contributed by atoms with Gasteiger partial charge >= 0.3 is 6.18 Å². The molecule has 1 aliphatic carbocycles. The number of Topliss-reactive ketones (excluding diaryl/α,β-unsaturated/α-hetero) is 1. The number of alkyl halides is 3. The van der Waals surface area contributed by atoms with Crippen molar-refractivity contribution in [1.82, 2.24) is 0 Å². The first kappa shape index (κ1) is 13.5. The molecule has 0 aliphatic heterocycles. The van der Waals surface area contributed by atoms with Gasteiger partial charge in [0, 0.05) is 12.5 Å². The van der Waals surface area contributed by atoms with Crippen molar-refractivity contribution in [2.45, 2.75) is 38.8 Å². The maximum Gasteiger partial charge on any atom is 0.392 e. The van der Waals surface area contributed by atoms with Gasteiger partial charge in [0.05, 0.1) is 5.92 Å². The molecule has 2 unspecified atom stereocenters. The van der Waals surface area contributed by atoms with Crippen molar-refractivity contribution >= 4 is 5.78 Å². The zero-order valence-corrected chi connectivity index (χ0v) is 9.35. The van der Waals surface area contributed by atoms with Gasteiger partial charge in [0.25, 0.3) is 0 Å². The van der Waals surface area contributed by atoms with Crippen LogP contribution in [0.5, 0.6) is 0 Å². The van der Waals surface area contributed by atoms with E-state index >= 15 is 0 Å². The fourth-order valence-corrected chi connectivity index (χ4v) is 2.22. The molecular weight excluding hydrogens is 221 g/mol. The highest BCUT2D eigenvalue weighted by atomic mass is 19.4. The Balaban J connectivity index is 2.63. The van der Waals surface area contributed by atoms with Gasteiger partial charge in [-0.1, -0.05) is 12.8 Å². The highest BCUT2D eigenvalue weighted by Crippen LogP contribution is 2.41. The molecule has 0 radical (unpaired) electrons. The number of halogens is 3. The Morgan fingerprint density at radius 3 is 2.50 bits per heavy atom. The maximum atomic E-state index is 12.7. The van der Waals surface area contributed by atoms with Crippen LogP contribution in [-0.2, 0) is 9.53 Å². The van der Waals surface area contributed by atoms with Crippen LogP contribution in [0.25, 0.3) is 0 Å². The molecule has 2 atom stereocenters. The van der Waals surface area contributed by atoms with E-state index in [4.69, 9.17) is 4.74 Å². The number of ether oxygens (including phenoxy) is 1. The number of carbonyl (C=O) groups is 1. The van der Waals surface area contributed by atoms with Crippen LogP contribution < -0.4 is 0 Å². The Hall–Kier alpha value is -0.580. The lowest BCUT2D eigenvalue weighted by atomic mass is 9.76. The van der Waals surface area contributed by atoms with Crippen molar-refractivity contribution in [2.24, 2.45) is 11.8 Å². The first-order chi connectivity index (χ1) is 7.46. The van der Waals surface area contributed by atoms with E-state index < -0.39 is 23.8 Å². The van der Waals surface area contributed by atoms with E-state index in [1.165, 1.54) is 0 Å². The molecule has 1 fully saturated rings. The topological polar surface area (TPSA) is 26.3 Å². The van der Waals surface area contributed by atoms with Gasteiger partial charge in [0.1, 0.15) is 6.61 Å². The standard InChI is InChI=1S/C11H17F3O2/c1-2-16-7-10(15)8-5-3-4-6-9(8)11(12,13)14/h8-9H,2-7H2,1H3. The SMILES string of the molecule is CCOCC(=O)C1CCCCC1C(F)(F)F. The van der Waals surface area contributed by atoms with E-state index in [1.807, 2.05) is 0 Å². The van der Waals surface area contributed by atoms with Crippen molar-refractivity contribution < 1.29 is 22.7 Å². The van der Waals surface area contributed by atoms with Gasteiger partial charge in [-0.3, -0.25) is 4.79 Å². The van der Waals surface area contributed by atoms with E-state index in [9.17, 15) is 18.0 Å². The lowest BCUT2D eigenvalue weighted by Gasteiger charge is -2.31. The van der Waals surface area contributed by atoms with E-state index in [2.05, 4.69) is 0 Å². The zero-order chi connectivity index (χ0) is 12.2. The fraction of sp³-hybridized carbons (Fsp3) is 0.909. The van der Waals surface area contributed by atoms with Gasteiger partial charge < -0.3 is 4.74 Å². The monoisotopic (exact) mass is 238 g/mol. The summed E-state index contributed by atoms with van der Waals surface area (Å²) >= 11 is 0. The van der Waals surface area contributed by atoms with Crippen molar-refractivity contribution in [3.63, 3.8) is 0 Å². The Labute approximate surface area is 93.2 Å². The second-order valence-corrected chi connectivity index (χ2v) is 4.14. The van der Waals surface area contributed by atoms with E-state index in [0.717, 1.165) is 0 Å². The normalized spacial score (nSPS) is 26.8. The average molecular weight is 238 g/mol. The molecule has 0 amide bonds. The number of carbonyl (C=O) groups excluding carboxylic acids is 1. The van der Waals surface area contributed by atoms with Crippen LogP contribution in [0.3, 0.4) is 0 Å². The summed E-state index contributed by atoms with van der Waals surface area (Å²) in [5.41, 5.74) is 0.